The van der Waals surface area contributed by atoms with Gasteiger partial charge in [0.1, 0.15) is 24.4 Å². The number of benzene rings is 2. The van der Waals surface area contributed by atoms with Crippen molar-refractivity contribution in [2.45, 2.75) is 105 Å². The van der Waals surface area contributed by atoms with Gasteiger partial charge in [0, 0.05) is 6.54 Å². The number of urea groups is 1. The number of para-hydroxylation sites is 1. The lowest BCUT2D eigenvalue weighted by Crippen LogP contribution is -2.62. The lowest BCUT2D eigenvalue weighted by Gasteiger charge is -2.37. The van der Waals surface area contributed by atoms with Gasteiger partial charge in [-0.2, -0.15) is 0 Å². The van der Waals surface area contributed by atoms with Crippen LogP contribution in [0.15, 0.2) is 54.6 Å². The lowest BCUT2D eigenvalue weighted by atomic mass is 9.84. The molecule has 12 heteroatoms. The Balaban J connectivity index is 1.52. The Bertz CT molecular complexity index is 1620. The number of ketones is 2. The first-order valence-corrected chi connectivity index (χ1v) is 18.3. The van der Waals surface area contributed by atoms with E-state index in [2.05, 4.69) is 16.0 Å². The number of carbonyl (C=O) groups is 6. The molecule has 2 aromatic carbocycles. The van der Waals surface area contributed by atoms with Crippen molar-refractivity contribution in [1.29, 1.82) is 0 Å². The molecule has 12 nitrogen and oxygen atoms in total. The van der Waals surface area contributed by atoms with Crippen molar-refractivity contribution in [3.63, 3.8) is 0 Å². The number of nitrogens with one attached hydrogen (secondary N) is 3. The minimum atomic E-state index is -1.12. The van der Waals surface area contributed by atoms with Crippen molar-refractivity contribution in [3.05, 3.63) is 65.7 Å². The molecule has 0 radical (unpaired) electrons. The molecule has 2 aliphatic rings. The van der Waals surface area contributed by atoms with E-state index < -0.39 is 59.1 Å². The van der Waals surface area contributed by atoms with E-state index in [1.54, 1.807) is 24.3 Å². The molecule has 5 N–H and O–H groups in total. The molecule has 52 heavy (non-hydrogen) atoms. The molecule has 2 fully saturated rings. The summed E-state index contributed by atoms with van der Waals surface area (Å²) in [6.07, 6.45) is 2.66. The number of likely N-dealkylation sites (tertiary alicyclic amines) is 1. The summed E-state index contributed by atoms with van der Waals surface area (Å²) in [4.78, 5) is 82.0. The van der Waals surface area contributed by atoms with E-state index in [0.717, 1.165) is 18.4 Å². The van der Waals surface area contributed by atoms with E-state index in [4.69, 9.17) is 10.5 Å². The Kier molecular flexibility index (Phi) is 13.2. The summed E-state index contributed by atoms with van der Waals surface area (Å²) in [5.74, 6) is -3.21. The number of ether oxygens (including phenoxy) is 1. The lowest BCUT2D eigenvalue weighted by molar-refractivity contribution is -0.144. The third kappa shape index (κ3) is 10.2. The third-order valence-corrected chi connectivity index (χ3v) is 10.0. The quantitative estimate of drug-likeness (QED) is 0.147. The number of nitrogens with two attached hydrogens (primary N) is 1. The minimum absolute atomic E-state index is 0.0176. The standard InChI is InChI=1S/C40H55N5O7/c1-23(2)27-19-20-45(32(27)37(49)42-29(21-25-17-18-25)34(47)36(41)48)38(50)35(40(5,6)7)44-39(51)43-31(24(3)4)33(46)28-15-11-12-16-30(28)52-22-26-13-9-8-10-14-26/h8-16,23-25,27,29,31-32,35H,17-22H2,1-7H3,(H2,41,48)(H,42,49)(H2,43,44,51)/t27-,29?,31+,32+,35-/m1/s1. The predicted molar refractivity (Wildman–Crippen MR) is 197 cm³/mol. The smallest absolute Gasteiger partial charge is 0.316 e. The molecule has 1 aliphatic heterocycles. The maximum Gasteiger partial charge on any atom is 0.316 e. The molecule has 5 atom stereocenters. The van der Waals surface area contributed by atoms with Gasteiger partial charge in [0.25, 0.3) is 5.91 Å². The van der Waals surface area contributed by atoms with Gasteiger partial charge in [0.05, 0.1) is 17.6 Å². The Morgan fingerprint density at radius 3 is 2.08 bits per heavy atom. The number of hydrogen-bond acceptors (Lipinski definition) is 7. The maximum atomic E-state index is 14.4. The van der Waals surface area contributed by atoms with Crippen molar-refractivity contribution in [2.24, 2.45) is 34.8 Å². The first kappa shape index (κ1) is 40.0. The SMILES string of the molecule is CC(C)[C@H](NC(=O)N[C@H](C(=O)N1CC[C@H](C(C)C)[C@H]1C(=O)NC(CC1CC1)C(=O)C(N)=O)C(C)(C)C)C(=O)c1ccccc1OCc1ccccc1. The zero-order valence-electron chi connectivity index (χ0n) is 31.4. The van der Waals surface area contributed by atoms with E-state index in [0.29, 0.717) is 24.2 Å². The highest BCUT2D eigenvalue weighted by molar-refractivity contribution is 6.37. The zero-order valence-corrected chi connectivity index (χ0v) is 31.4. The highest BCUT2D eigenvalue weighted by atomic mass is 16.5. The average Bonchev–Trinajstić information content (AvgIpc) is 3.80. The van der Waals surface area contributed by atoms with Crippen LogP contribution in [0.4, 0.5) is 4.79 Å². The number of primary amides is 1. The number of amides is 5. The molecule has 1 unspecified atom stereocenters. The molecular formula is C40H55N5O7. The van der Waals surface area contributed by atoms with Gasteiger partial charge in [0.15, 0.2) is 5.78 Å². The van der Waals surface area contributed by atoms with Crippen LogP contribution in [-0.4, -0.2) is 70.9 Å². The van der Waals surface area contributed by atoms with Crippen LogP contribution in [0.25, 0.3) is 0 Å². The van der Waals surface area contributed by atoms with E-state index in [9.17, 15) is 28.8 Å². The van der Waals surface area contributed by atoms with Crippen molar-refractivity contribution < 1.29 is 33.5 Å². The van der Waals surface area contributed by atoms with E-state index in [1.807, 2.05) is 78.8 Å². The van der Waals surface area contributed by atoms with Crippen molar-refractivity contribution in [3.8, 4) is 5.75 Å². The van der Waals surface area contributed by atoms with Crippen LogP contribution in [0.5, 0.6) is 5.75 Å². The van der Waals surface area contributed by atoms with Gasteiger partial charge in [-0.3, -0.25) is 24.0 Å². The Morgan fingerprint density at radius 2 is 1.50 bits per heavy atom. The molecule has 0 aromatic heterocycles. The monoisotopic (exact) mass is 717 g/mol. The summed E-state index contributed by atoms with van der Waals surface area (Å²) >= 11 is 0. The highest BCUT2D eigenvalue weighted by Crippen LogP contribution is 2.36. The number of hydrogen-bond donors (Lipinski definition) is 4. The zero-order chi connectivity index (χ0) is 38.3. The molecule has 1 heterocycles. The summed E-state index contributed by atoms with van der Waals surface area (Å²) in [5.41, 5.74) is 5.78. The molecular weight excluding hydrogens is 662 g/mol. The number of rotatable bonds is 16. The first-order valence-electron chi connectivity index (χ1n) is 18.3. The fraction of sp³-hybridized carbons (Fsp3) is 0.550. The number of carbonyl (C=O) groups excluding carboxylic acids is 6. The third-order valence-electron chi connectivity index (χ3n) is 10.0. The number of Topliss-reactive ketones (excluding diaryl/α,β-unsaturated/α-hetero) is 2. The molecule has 5 amide bonds. The molecule has 1 aliphatic carbocycles. The molecule has 1 saturated carbocycles. The minimum Gasteiger partial charge on any atom is -0.488 e. The van der Waals surface area contributed by atoms with E-state index >= 15 is 0 Å². The molecule has 4 rings (SSSR count). The van der Waals surface area contributed by atoms with Crippen LogP contribution in [-0.2, 0) is 25.8 Å². The van der Waals surface area contributed by atoms with E-state index in [1.165, 1.54) is 4.90 Å². The van der Waals surface area contributed by atoms with Crippen LogP contribution in [0, 0.1) is 29.1 Å². The van der Waals surface area contributed by atoms with Gasteiger partial charge in [-0.05, 0) is 59.6 Å². The summed E-state index contributed by atoms with van der Waals surface area (Å²) in [7, 11) is 0. The Morgan fingerprint density at radius 1 is 0.865 bits per heavy atom. The van der Waals surface area contributed by atoms with Gasteiger partial charge in [-0.25, -0.2) is 4.79 Å². The first-order chi connectivity index (χ1) is 24.5. The van der Waals surface area contributed by atoms with Crippen LogP contribution in [0.2, 0.25) is 0 Å². The second-order valence-electron chi connectivity index (χ2n) is 15.9. The molecule has 0 bridgehead atoms. The normalized spacial score (nSPS) is 19.1. The fourth-order valence-electron chi connectivity index (χ4n) is 6.81. The largest absolute Gasteiger partial charge is 0.488 e. The average molecular weight is 718 g/mol. The van der Waals surface area contributed by atoms with Crippen molar-refractivity contribution >= 4 is 35.3 Å². The summed E-state index contributed by atoms with van der Waals surface area (Å²) in [5, 5.41) is 8.40. The Hall–Kier alpha value is -4.74. The van der Waals surface area contributed by atoms with Gasteiger partial charge >= 0.3 is 6.03 Å². The summed E-state index contributed by atoms with van der Waals surface area (Å²) in [6.45, 7) is 13.5. The van der Waals surface area contributed by atoms with Crippen LogP contribution in [0.3, 0.4) is 0 Å². The summed E-state index contributed by atoms with van der Waals surface area (Å²) in [6, 6.07) is 11.7. The van der Waals surface area contributed by atoms with Crippen molar-refractivity contribution in [1.82, 2.24) is 20.9 Å². The molecule has 282 valence electrons. The van der Waals surface area contributed by atoms with Gasteiger partial charge < -0.3 is 31.3 Å². The highest BCUT2D eigenvalue weighted by Gasteiger charge is 2.48. The van der Waals surface area contributed by atoms with Gasteiger partial charge in [-0.1, -0.05) is 104 Å². The van der Waals surface area contributed by atoms with Crippen LogP contribution < -0.4 is 26.4 Å². The second kappa shape index (κ2) is 17.2. The second-order valence-corrected chi connectivity index (χ2v) is 15.9. The van der Waals surface area contributed by atoms with Crippen LogP contribution in [0.1, 0.15) is 90.1 Å². The summed E-state index contributed by atoms with van der Waals surface area (Å²) < 4.78 is 6.03. The Labute approximate surface area is 307 Å². The predicted octanol–water partition coefficient (Wildman–Crippen LogP) is 4.40. The molecule has 1 saturated heterocycles. The molecule has 2 aromatic rings. The maximum absolute atomic E-state index is 14.4. The van der Waals surface area contributed by atoms with Crippen molar-refractivity contribution in [2.75, 3.05) is 6.54 Å². The fourth-order valence-corrected chi connectivity index (χ4v) is 6.81. The van der Waals surface area contributed by atoms with E-state index in [-0.39, 0.29) is 42.6 Å². The molecule has 0 spiro atoms. The van der Waals surface area contributed by atoms with Gasteiger partial charge in [0.2, 0.25) is 17.6 Å². The van der Waals surface area contributed by atoms with Gasteiger partial charge in [-0.15, -0.1) is 0 Å². The van der Waals surface area contributed by atoms with Crippen LogP contribution >= 0.6 is 0 Å². The topological polar surface area (TPSA) is 177 Å². The number of nitrogens with zero attached hydrogens (tertiary/aromatic N) is 1.